The highest BCUT2D eigenvalue weighted by atomic mass is 14.1. The normalized spacial score (nSPS) is 11.9. The van der Waals surface area contributed by atoms with E-state index in [0.717, 1.165) is 0 Å². The maximum atomic E-state index is 2.42. The van der Waals surface area contributed by atoms with Crippen molar-refractivity contribution in [2.45, 2.75) is 32.6 Å². The van der Waals surface area contributed by atoms with Crippen molar-refractivity contribution in [3.63, 3.8) is 0 Å². The molecule has 0 atom stereocenters. The summed E-state index contributed by atoms with van der Waals surface area (Å²) < 4.78 is 0. The maximum Gasteiger partial charge on any atom is -0.00240 e. The Morgan fingerprint density at radius 1 is 0.714 bits per heavy atom. The summed E-state index contributed by atoms with van der Waals surface area (Å²) in [4.78, 5) is 0. The quantitative estimate of drug-likeness (QED) is 0.301. The van der Waals surface area contributed by atoms with E-state index in [9.17, 15) is 0 Å². The van der Waals surface area contributed by atoms with Crippen LogP contribution < -0.4 is 0 Å². The van der Waals surface area contributed by atoms with Gasteiger partial charge in [0.2, 0.25) is 0 Å². The van der Waals surface area contributed by atoms with Gasteiger partial charge in [-0.05, 0) is 50.7 Å². The molecule has 0 saturated heterocycles. The topological polar surface area (TPSA) is 0 Å². The van der Waals surface area contributed by atoms with Crippen molar-refractivity contribution in [1.29, 1.82) is 0 Å². The summed E-state index contributed by atoms with van der Waals surface area (Å²) in [6, 6.07) is 20.3. The van der Waals surface area contributed by atoms with E-state index in [1.807, 2.05) is 0 Å². The summed E-state index contributed by atoms with van der Waals surface area (Å²) in [7, 11) is 0. The Balaban J connectivity index is 2.05. The fourth-order valence-corrected chi connectivity index (χ4v) is 3.61. The molecule has 4 aromatic rings. The monoisotopic (exact) mass is 272 g/mol. The SMILES string of the molecule is CCCCCc1cc2cccc3ccc4cccc1c4c32. The van der Waals surface area contributed by atoms with Gasteiger partial charge >= 0.3 is 0 Å². The molecule has 0 aliphatic heterocycles. The molecule has 0 aromatic heterocycles. The Morgan fingerprint density at radius 2 is 1.43 bits per heavy atom. The van der Waals surface area contributed by atoms with Crippen molar-refractivity contribution in [3.05, 3.63) is 60.2 Å². The molecule has 0 unspecified atom stereocenters. The highest BCUT2D eigenvalue weighted by molar-refractivity contribution is 6.23. The molecule has 21 heavy (non-hydrogen) atoms. The first-order chi connectivity index (χ1) is 10.4. The molecule has 0 heteroatoms. The van der Waals surface area contributed by atoms with Gasteiger partial charge in [0.25, 0.3) is 0 Å². The molecule has 0 heterocycles. The predicted molar refractivity (Wildman–Crippen MR) is 93.4 cm³/mol. The summed E-state index contributed by atoms with van der Waals surface area (Å²) in [6.45, 7) is 2.27. The van der Waals surface area contributed by atoms with E-state index in [1.54, 1.807) is 0 Å². The van der Waals surface area contributed by atoms with Crippen molar-refractivity contribution in [2.24, 2.45) is 0 Å². The van der Waals surface area contributed by atoms with Crippen LogP contribution in [0.2, 0.25) is 0 Å². The lowest BCUT2D eigenvalue weighted by molar-refractivity contribution is 0.720. The highest BCUT2D eigenvalue weighted by Gasteiger charge is 2.10. The van der Waals surface area contributed by atoms with E-state index < -0.39 is 0 Å². The molecule has 0 nitrogen and oxygen atoms in total. The van der Waals surface area contributed by atoms with Crippen molar-refractivity contribution < 1.29 is 0 Å². The molecule has 0 aliphatic carbocycles. The second-order valence-corrected chi connectivity index (χ2v) is 6.04. The molecule has 0 N–H and O–H groups in total. The predicted octanol–water partition coefficient (Wildman–Crippen LogP) is 6.32. The van der Waals surface area contributed by atoms with Gasteiger partial charge in [0.15, 0.2) is 0 Å². The van der Waals surface area contributed by atoms with Crippen LogP contribution in [-0.4, -0.2) is 0 Å². The third-order valence-corrected chi connectivity index (χ3v) is 4.64. The largest absolute Gasteiger partial charge is 0.0654 e. The molecule has 0 amide bonds. The van der Waals surface area contributed by atoms with Crippen LogP contribution in [0.1, 0.15) is 31.7 Å². The second-order valence-electron chi connectivity index (χ2n) is 6.04. The van der Waals surface area contributed by atoms with E-state index >= 15 is 0 Å². The van der Waals surface area contributed by atoms with Gasteiger partial charge in [-0.2, -0.15) is 0 Å². The van der Waals surface area contributed by atoms with E-state index in [-0.39, 0.29) is 0 Å². The summed E-state index contributed by atoms with van der Waals surface area (Å²) >= 11 is 0. The van der Waals surface area contributed by atoms with E-state index in [2.05, 4.69) is 61.5 Å². The van der Waals surface area contributed by atoms with Gasteiger partial charge in [-0.1, -0.05) is 74.4 Å². The lowest BCUT2D eigenvalue weighted by atomic mass is 9.90. The minimum Gasteiger partial charge on any atom is -0.0654 e. The number of unbranched alkanes of at least 4 members (excludes halogenated alkanes) is 2. The van der Waals surface area contributed by atoms with E-state index in [4.69, 9.17) is 0 Å². The van der Waals surface area contributed by atoms with Crippen LogP contribution in [0.3, 0.4) is 0 Å². The average molecular weight is 272 g/mol. The van der Waals surface area contributed by atoms with Crippen LogP contribution >= 0.6 is 0 Å². The molecule has 4 aromatic carbocycles. The summed E-state index contributed by atoms with van der Waals surface area (Å²) in [5.74, 6) is 0. The van der Waals surface area contributed by atoms with Gasteiger partial charge in [-0.25, -0.2) is 0 Å². The molecule has 0 aliphatic rings. The van der Waals surface area contributed by atoms with E-state index in [0.29, 0.717) is 0 Å². The Hall–Kier alpha value is -2.08. The summed E-state index contributed by atoms with van der Waals surface area (Å²) in [5, 5.41) is 8.46. The van der Waals surface area contributed by atoms with Crippen LogP contribution in [0.5, 0.6) is 0 Å². The Kier molecular flexibility index (Phi) is 3.03. The van der Waals surface area contributed by atoms with Crippen LogP contribution in [0.25, 0.3) is 32.3 Å². The number of hydrogen-bond donors (Lipinski definition) is 0. The number of benzene rings is 4. The zero-order valence-corrected chi connectivity index (χ0v) is 12.5. The number of rotatable bonds is 4. The van der Waals surface area contributed by atoms with Crippen molar-refractivity contribution in [3.8, 4) is 0 Å². The fourth-order valence-electron chi connectivity index (χ4n) is 3.61. The van der Waals surface area contributed by atoms with Gasteiger partial charge in [-0.3, -0.25) is 0 Å². The Bertz CT molecular complexity index is 902. The molecule has 0 bridgehead atoms. The number of aryl methyl sites for hydroxylation is 1. The smallest absolute Gasteiger partial charge is 0.00240 e. The molecule has 0 radical (unpaired) electrons. The summed E-state index contributed by atoms with van der Waals surface area (Å²) in [5.41, 5.74) is 1.51. The standard InChI is InChI=1S/C21H20/c1-2-3-4-7-17-14-18-10-5-8-15-12-13-16-9-6-11-19(17)21(16)20(15)18/h5-6,8-14H,2-4,7H2,1H3. The van der Waals surface area contributed by atoms with Crippen LogP contribution in [0, 0.1) is 0 Å². The molecular weight excluding hydrogens is 252 g/mol. The molecule has 0 saturated carbocycles. The van der Waals surface area contributed by atoms with Gasteiger partial charge in [0, 0.05) is 0 Å². The first kappa shape index (κ1) is 12.6. The van der Waals surface area contributed by atoms with Crippen LogP contribution in [0.15, 0.2) is 54.6 Å². The van der Waals surface area contributed by atoms with Crippen molar-refractivity contribution in [1.82, 2.24) is 0 Å². The number of hydrogen-bond acceptors (Lipinski definition) is 0. The first-order valence-corrected chi connectivity index (χ1v) is 8.04. The molecule has 0 spiro atoms. The zero-order valence-electron chi connectivity index (χ0n) is 12.5. The van der Waals surface area contributed by atoms with Gasteiger partial charge in [-0.15, -0.1) is 0 Å². The molecule has 104 valence electrons. The van der Waals surface area contributed by atoms with Crippen LogP contribution in [0.4, 0.5) is 0 Å². The van der Waals surface area contributed by atoms with Gasteiger partial charge < -0.3 is 0 Å². The first-order valence-electron chi connectivity index (χ1n) is 8.04. The van der Waals surface area contributed by atoms with Crippen molar-refractivity contribution >= 4 is 32.3 Å². The summed E-state index contributed by atoms with van der Waals surface area (Å²) in [6.07, 6.45) is 5.08. The average Bonchev–Trinajstić information content (AvgIpc) is 2.53. The van der Waals surface area contributed by atoms with E-state index in [1.165, 1.54) is 63.6 Å². The van der Waals surface area contributed by atoms with Crippen molar-refractivity contribution in [2.75, 3.05) is 0 Å². The van der Waals surface area contributed by atoms with Gasteiger partial charge in [0.1, 0.15) is 0 Å². The molecule has 0 fully saturated rings. The second kappa shape index (κ2) is 5.04. The minimum absolute atomic E-state index is 1.19. The van der Waals surface area contributed by atoms with Crippen LogP contribution in [-0.2, 0) is 6.42 Å². The highest BCUT2D eigenvalue weighted by Crippen LogP contribution is 2.36. The fraction of sp³-hybridized carbons (Fsp3) is 0.238. The Labute approximate surface area is 125 Å². The Morgan fingerprint density at radius 3 is 2.24 bits per heavy atom. The third-order valence-electron chi connectivity index (χ3n) is 4.64. The lowest BCUT2D eigenvalue weighted by Crippen LogP contribution is -1.91. The lowest BCUT2D eigenvalue weighted by Gasteiger charge is -2.14. The molecular formula is C21H20. The third kappa shape index (κ3) is 1.98. The zero-order chi connectivity index (χ0) is 14.2. The minimum atomic E-state index is 1.19. The maximum absolute atomic E-state index is 2.42. The molecule has 4 rings (SSSR count). The van der Waals surface area contributed by atoms with Gasteiger partial charge in [0.05, 0.1) is 0 Å².